The molecule has 2 aliphatic heterocycles. The lowest BCUT2D eigenvalue weighted by Crippen LogP contribution is -2.74. The van der Waals surface area contributed by atoms with E-state index in [0.717, 1.165) is 11.3 Å². The van der Waals surface area contributed by atoms with Crippen LogP contribution in [0.2, 0.25) is 0 Å². The third kappa shape index (κ3) is 0.856. The molecular formula is C12H12N2O. The second-order valence-corrected chi connectivity index (χ2v) is 4.29. The number of carbonyl (C=O) groups is 1. The Morgan fingerprint density at radius 2 is 2.00 bits per heavy atom. The maximum Gasteiger partial charge on any atom is 0.237 e. The number of nitrogens with zero attached hydrogens (tertiary/aromatic N) is 2. The highest BCUT2D eigenvalue weighted by Gasteiger charge is 2.63. The van der Waals surface area contributed by atoms with Gasteiger partial charge in [0.15, 0.2) is 0 Å². The van der Waals surface area contributed by atoms with E-state index in [1.165, 1.54) is 0 Å². The number of carbonyl (C=O) groups excluding carboxylic acids is 1. The summed E-state index contributed by atoms with van der Waals surface area (Å²) in [5.41, 5.74) is 1.75. The second-order valence-electron chi connectivity index (χ2n) is 4.29. The van der Waals surface area contributed by atoms with Crippen LogP contribution in [0.25, 0.3) is 0 Å². The van der Waals surface area contributed by atoms with Crippen LogP contribution in [0.15, 0.2) is 35.3 Å². The van der Waals surface area contributed by atoms with Crippen LogP contribution in [0.5, 0.6) is 0 Å². The number of hydrogen-bond donors (Lipinski definition) is 0. The lowest BCUT2D eigenvalue weighted by molar-refractivity contribution is -0.161. The van der Waals surface area contributed by atoms with Gasteiger partial charge in [-0.25, -0.2) is 0 Å². The topological polar surface area (TPSA) is 32.7 Å². The van der Waals surface area contributed by atoms with Crippen molar-refractivity contribution in [1.82, 2.24) is 4.90 Å². The van der Waals surface area contributed by atoms with Crippen LogP contribution in [-0.4, -0.2) is 29.2 Å². The zero-order valence-electron chi connectivity index (χ0n) is 8.77. The summed E-state index contributed by atoms with van der Waals surface area (Å²) in [6.07, 6.45) is 0. The summed E-state index contributed by atoms with van der Waals surface area (Å²) in [5, 5.41) is 0. The van der Waals surface area contributed by atoms with E-state index in [1.54, 1.807) is 4.90 Å². The Hall–Kier alpha value is -1.64. The molecule has 76 valence electrons. The minimum Gasteiger partial charge on any atom is -0.319 e. The van der Waals surface area contributed by atoms with Crippen LogP contribution in [0.1, 0.15) is 12.5 Å². The van der Waals surface area contributed by atoms with Crippen molar-refractivity contribution in [3.63, 3.8) is 0 Å². The summed E-state index contributed by atoms with van der Waals surface area (Å²) in [5.74, 6) is 0.177. The fraction of sp³-hybridized carbons (Fsp3) is 0.333. The largest absolute Gasteiger partial charge is 0.319 e. The molecule has 0 aromatic heterocycles. The minimum atomic E-state index is -0.262. The van der Waals surface area contributed by atoms with Crippen LogP contribution >= 0.6 is 0 Å². The van der Waals surface area contributed by atoms with Gasteiger partial charge in [0, 0.05) is 7.05 Å². The van der Waals surface area contributed by atoms with Crippen molar-refractivity contribution in [2.45, 2.75) is 12.6 Å². The van der Waals surface area contributed by atoms with E-state index >= 15 is 0 Å². The lowest BCUT2D eigenvalue weighted by Gasteiger charge is -2.58. The molecule has 2 aliphatic rings. The van der Waals surface area contributed by atoms with E-state index < -0.39 is 0 Å². The van der Waals surface area contributed by atoms with Crippen molar-refractivity contribution in [2.75, 3.05) is 7.05 Å². The molecule has 2 heterocycles. The number of fused-ring (bicyclic) bond motifs is 1. The van der Waals surface area contributed by atoms with E-state index in [4.69, 9.17) is 0 Å². The summed E-state index contributed by atoms with van der Waals surface area (Å²) in [4.78, 5) is 17.9. The number of β-lactam (4-membered cyclic amide) rings is 1. The van der Waals surface area contributed by atoms with Gasteiger partial charge in [0.25, 0.3) is 0 Å². The van der Waals surface area contributed by atoms with Gasteiger partial charge in [-0.3, -0.25) is 9.79 Å². The van der Waals surface area contributed by atoms with Gasteiger partial charge in [0.05, 0.1) is 5.71 Å². The summed E-state index contributed by atoms with van der Waals surface area (Å²) in [7, 11) is 1.81. The molecule has 2 unspecified atom stereocenters. The average molecular weight is 200 g/mol. The number of likely N-dealkylation sites (tertiary alicyclic amines) is 1. The summed E-state index contributed by atoms with van der Waals surface area (Å²) >= 11 is 0. The molecule has 3 heteroatoms. The molecule has 0 bridgehead atoms. The zero-order valence-corrected chi connectivity index (χ0v) is 8.77. The molecule has 0 radical (unpaired) electrons. The van der Waals surface area contributed by atoms with Gasteiger partial charge in [0.1, 0.15) is 11.6 Å². The summed E-state index contributed by atoms with van der Waals surface area (Å²) in [6.45, 7) is 2.01. The first-order chi connectivity index (χ1) is 7.14. The molecule has 0 N–H and O–H groups in total. The van der Waals surface area contributed by atoms with Crippen molar-refractivity contribution >= 4 is 11.6 Å². The van der Waals surface area contributed by atoms with Gasteiger partial charge in [-0.2, -0.15) is 0 Å². The van der Waals surface area contributed by atoms with E-state index in [1.807, 2.05) is 44.3 Å². The first kappa shape index (κ1) is 8.65. The zero-order chi connectivity index (χ0) is 10.6. The highest BCUT2D eigenvalue weighted by molar-refractivity contribution is 6.21. The maximum atomic E-state index is 11.7. The molecule has 0 spiro atoms. The number of hydrogen-bond acceptors (Lipinski definition) is 2. The Morgan fingerprint density at radius 1 is 1.33 bits per heavy atom. The van der Waals surface area contributed by atoms with Gasteiger partial charge in [-0.05, 0) is 12.5 Å². The van der Waals surface area contributed by atoms with E-state index in [-0.39, 0.29) is 17.5 Å². The van der Waals surface area contributed by atoms with Gasteiger partial charge in [-0.1, -0.05) is 30.3 Å². The summed E-state index contributed by atoms with van der Waals surface area (Å²) in [6, 6.07) is 9.92. The third-order valence-corrected chi connectivity index (χ3v) is 3.49. The molecule has 2 atom stereocenters. The van der Waals surface area contributed by atoms with Crippen molar-refractivity contribution in [3.05, 3.63) is 35.9 Å². The molecule has 3 nitrogen and oxygen atoms in total. The van der Waals surface area contributed by atoms with E-state index in [9.17, 15) is 4.79 Å². The number of amides is 1. The molecule has 3 rings (SSSR count). The molecule has 1 saturated heterocycles. The predicted molar refractivity (Wildman–Crippen MR) is 57.6 cm³/mol. The number of rotatable bonds is 1. The monoisotopic (exact) mass is 200 g/mol. The second kappa shape index (κ2) is 2.48. The first-order valence-corrected chi connectivity index (χ1v) is 5.07. The number of benzene rings is 1. The molecule has 1 aromatic carbocycles. The van der Waals surface area contributed by atoms with Gasteiger partial charge < -0.3 is 4.90 Å². The highest BCUT2D eigenvalue weighted by Crippen LogP contribution is 2.47. The maximum absolute atomic E-state index is 11.7. The molecule has 0 saturated carbocycles. The predicted octanol–water partition coefficient (Wildman–Crippen LogP) is 1.29. The van der Waals surface area contributed by atoms with Crippen LogP contribution in [0, 0.1) is 5.92 Å². The van der Waals surface area contributed by atoms with Crippen LogP contribution in [0.3, 0.4) is 0 Å². The highest BCUT2D eigenvalue weighted by atomic mass is 16.2. The number of aliphatic imine (C=N–C) groups is 1. The van der Waals surface area contributed by atoms with Gasteiger partial charge >= 0.3 is 0 Å². The Bertz CT molecular complexity index is 466. The standard InChI is InChI=1S/C12H12N2O/c1-12-9(11(15)14(12)2)10(13-12)8-6-4-3-5-7-8/h3-7,9H,1-2H3. The van der Waals surface area contributed by atoms with Crippen molar-refractivity contribution < 1.29 is 4.79 Å². The smallest absolute Gasteiger partial charge is 0.237 e. The van der Waals surface area contributed by atoms with Gasteiger partial charge in [-0.15, -0.1) is 0 Å². The Labute approximate surface area is 88.4 Å². The lowest BCUT2D eigenvalue weighted by atomic mass is 9.71. The third-order valence-electron chi connectivity index (χ3n) is 3.49. The van der Waals surface area contributed by atoms with Crippen LogP contribution in [0.4, 0.5) is 0 Å². The van der Waals surface area contributed by atoms with Crippen molar-refractivity contribution in [1.29, 1.82) is 0 Å². The minimum absolute atomic E-state index is 0.00935. The molecular weight excluding hydrogens is 188 g/mol. The van der Waals surface area contributed by atoms with E-state index in [0.29, 0.717) is 0 Å². The normalized spacial score (nSPS) is 32.7. The fourth-order valence-corrected chi connectivity index (χ4v) is 2.38. The molecule has 1 amide bonds. The fourth-order valence-electron chi connectivity index (χ4n) is 2.38. The summed E-state index contributed by atoms with van der Waals surface area (Å²) < 4.78 is 0. The SMILES string of the molecule is CN1C(=O)C2C(c3ccccc3)=NC21C. The van der Waals surface area contributed by atoms with E-state index in [2.05, 4.69) is 4.99 Å². The molecule has 1 aromatic rings. The van der Waals surface area contributed by atoms with Crippen LogP contribution < -0.4 is 0 Å². The Balaban J connectivity index is 2.00. The first-order valence-electron chi connectivity index (χ1n) is 5.07. The van der Waals surface area contributed by atoms with Crippen molar-refractivity contribution in [2.24, 2.45) is 10.9 Å². The van der Waals surface area contributed by atoms with Crippen molar-refractivity contribution in [3.8, 4) is 0 Å². The Kier molecular flexibility index (Phi) is 1.43. The molecule has 1 fully saturated rings. The molecule has 15 heavy (non-hydrogen) atoms. The quantitative estimate of drug-likeness (QED) is 0.629. The molecule has 0 aliphatic carbocycles. The van der Waals surface area contributed by atoms with Crippen LogP contribution in [-0.2, 0) is 4.79 Å². The average Bonchev–Trinajstić information content (AvgIpc) is 2.26. The van der Waals surface area contributed by atoms with Gasteiger partial charge in [0.2, 0.25) is 5.91 Å². The Morgan fingerprint density at radius 3 is 2.60 bits per heavy atom.